The average Bonchev–Trinajstić information content (AvgIpc) is 3.11. The first kappa shape index (κ1) is 17.1. The van der Waals surface area contributed by atoms with Crippen LogP contribution in [0, 0.1) is 11.3 Å². The largest absolute Gasteiger partial charge is 0.441 e. The minimum Gasteiger partial charge on any atom is -0.441 e. The molecule has 1 fully saturated rings. The molecule has 1 aliphatic rings. The molecule has 0 unspecified atom stereocenters. The van der Waals surface area contributed by atoms with Gasteiger partial charge in [-0.05, 0) is 30.3 Å². The zero-order valence-electron chi connectivity index (χ0n) is 13.4. The summed E-state index contributed by atoms with van der Waals surface area (Å²) >= 11 is 5.81. The molecule has 1 N–H and O–H groups in total. The highest BCUT2D eigenvalue weighted by atomic mass is 35.5. The fourth-order valence-corrected chi connectivity index (χ4v) is 2.52. The number of nitrogens with one attached hydrogen (secondary N) is 1. The first-order chi connectivity index (χ1) is 12.2. The number of anilines is 2. The maximum Gasteiger partial charge on any atom is 0.266 e. The van der Waals surface area contributed by atoms with Crippen LogP contribution in [0.25, 0.3) is 6.08 Å². The van der Waals surface area contributed by atoms with Crippen LogP contribution < -0.4 is 10.2 Å². The molecular formula is C18H16ClN3O3. The van der Waals surface area contributed by atoms with E-state index in [1.165, 1.54) is 6.08 Å². The predicted molar refractivity (Wildman–Crippen MR) is 95.4 cm³/mol. The molecule has 7 heteroatoms. The molecule has 0 bridgehead atoms. The van der Waals surface area contributed by atoms with Crippen LogP contribution in [0.15, 0.2) is 46.4 Å². The number of ether oxygens (including phenoxy) is 1. The van der Waals surface area contributed by atoms with Crippen LogP contribution in [0.4, 0.5) is 11.6 Å². The van der Waals surface area contributed by atoms with Crippen LogP contribution in [0.3, 0.4) is 0 Å². The third-order valence-corrected chi connectivity index (χ3v) is 3.94. The second kappa shape index (κ2) is 7.88. The number of amides is 1. The molecule has 1 amide bonds. The molecule has 25 heavy (non-hydrogen) atoms. The number of benzene rings is 1. The molecule has 2 heterocycles. The predicted octanol–water partition coefficient (Wildman–Crippen LogP) is 3.32. The quantitative estimate of drug-likeness (QED) is 0.670. The second-order valence-corrected chi connectivity index (χ2v) is 5.84. The van der Waals surface area contributed by atoms with Gasteiger partial charge >= 0.3 is 0 Å². The molecular weight excluding hydrogens is 342 g/mol. The highest BCUT2D eigenvalue weighted by Gasteiger charge is 2.15. The smallest absolute Gasteiger partial charge is 0.266 e. The Bertz CT molecular complexity index is 815. The van der Waals surface area contributed by atoms with Gasteiger partial charge in [-0.25, -0.2) is 0 Å². The van der Waals surface area contributed by atoms with Gasteiger partial charge in [-0.1, -0.05) is 11.6 Å². The zero-order chi connectivity index (χ0) is 17.6. The number of carbonyl (C=O) groups is 1. The van der Waals surface area contributed by atoms with Gasteiger partial charge in [0.05, 0.1) is 13.2 Å². The Morgan fingerprint density at radius 2 is 1.92 bits per heavy atom. The first-order valence-electron chi connectivity index (χ1n) is 7.77. The summed E-state index contributed by atoms with van der Waals surface area (Å²) in [7, 11) is 0. The van der Waals surface area contributed by atoms with Crippen LogP contribution >= 0.6 is 11.6 Å². The molecule has 1 aromatic carbocycles. The van der Waals surface area contributed by atoms with E-state index in [9.17, 15) is 10.1 Å². The van der Waals surface area contributed by atoms with Crippen molar-refractivity contribution in [1.82, 2.24) is 0 Å². The van der Waals surface area contributed by atoms with Gasteiger partial charge in [0.2, 0.25) is 0 Å². The van der Waals surface area contributed by atoms with Crippen molar-refractivity contribution >= 4 is 35.2 Å². The fourth-order valence-electron chi connectivity index (χ4n) is 2.40. The lowest BCUT2D eigenvalue weighted by atomic mass is 10.2. The lowest BCUT2D eigenvalue weighted by Gasteiger charge is -2.26. The SMILES string of the molecule is N#C/C(=C/c1ccc(N2CCOCC2)o1)C(=O)Nc1ccc(Cl)cc1. The Hall–Kier alpha value is -2.75. The van der Waals surface area contributed by atoms with E-state index in [2.05, 4.69) is 10.2 Å². The summed E-state index contributed by atoms with van der Waals surface area (Å²) in [6.07, 6.45) is 1.43. The number of carbonyl (C=O) groups excluding carboxylic acids is 1. The molecule has 1 saturated heterocycles. The number of hydrogen-bond acceptors (Lipinski definition) is 5. The van der Waals surface area contributed by atoms with Crippen molar-refractivity contribution < 1.29 is 13.9 Å². The van der Waals surface area contributed by atoms with Crippen molar-refractivity contribution in [2.24, 2.45) is 0 Å². The molecule has 0 spiro atoms. The summed E-state index contributed by atoms with van der Waals surface area (Å²) < 4.78 is 11.0. The summed E-state index contributed by atoms with van der Waals surface area (Å²) in [6.45, 7) is 2.80. The third kappa shape index (κ3) is 4.41. The number of morpholine rings is 1. The standard InChI is InChI=1S/C18H16ClN3O3/c19-14-1-3-15(4-2-14)21-18(23)13(12-20)11-16-5-6-17(25-16)22-7-9-24-10-8-22/h1-6,11H,7-10H2,(H,21,23)/b13-11-. The van der Waals surface area contributed by atoms with Crippen LogP contribution in [-0.4, -0.2) is 32.2 Å². The fraction of sp³-hybridized carbons (Fsp3) is 0.222. The van der Waals surface area contributed by atoms with E-state index in [1.807, 2.05) is 12.1 Å². The van der Waals surface area contributed by atoms with Crippen molar-refractivity contribution in [3.8, 4) is 6.07 Å². The van der Waals surface area contributed by atoms with Crippen LogP contribution in [0.2, 0.25) is 5.02 Å². The summed E-state index contributed by atoms with van der Waals surface area (Å²) in [6, 6.07) is 12.1. The van der Waals surface area contributed by atoms with Crippen LogP contribution in [0.1, 0.15) is 5.76 Å². The maximum atomic E-state index is 12.2. The van der Waals surface area contributed by atoms with Gasteiger partial charge in [0.1, 0.15) is 17.4 Å². The maximum absolute atomic E-state index is 12.2. The van der Waals surface area contributed by atoms with E-state index < -0.39 is 5.91 Å². The van der Waals surface area contributed by atoms with Gasteiger partial charge in [0.15, 0.2) is 5.88 Å². The normalized spacial score (nSPS) is 14.9. The lowest BCUT2D eigenvalue weighted by molar-refractivity contribution is -0.112. The average molecular weight is 358 g/mol. The van der Waals surface area contributed by atoms with Crippen LogP contribution in [-0.2, 0) is 9.53 Å². The highest BCUT2D eigenvalue weighted by molar-refractivity contribution is 6.30. The Kier molecular flexibility index (Phi) is 5.39. The van der Waals surface area contributed by atoms with Crippen molar-refractivity contribution in [3.63, 3.8) is 0 Å². The number of rotatable bonds is 4. The van der Waals surface area contributed by atoms with Gasteiger partial charge in [-0.15, -0.1) is 0 Å². The van der Waals surface area contributed by atoms with E-state index in [0.717, 1.165) is 13.1 Å². The Morgan fingerprint density at radius 3 is 2.60 bits per heavy atom. The van der Waals surface area contributed by atoms with Gasteiger partial charge in [0, 0.05) is 35.9 Å². The van der Waals surface area contributed by atoms with Gasteiger partial charge in [-0.2, -0.15) is 5.26 Å². The van der Waals surface area contributed by atoms with E-state index in [-0.39, 0.29) is 5.57 Å². The topological polar surface area (TPSA) is 78.5 Å². The number of nitriles is 1. The van der Waals surface area contributed by atoms with Gasteiger partial charge in [0.25, 0.3) is 5.91 Å². The molecule has 2 aromatic rings. The minimum atomic E-state index is -0.505. The molecule has 0 saturated carbocycles. The summed E-state index contributed by atoms with van der Waals surface area (Å²) in [5.74, 6) is 0.642. The van der Waals surface area contributed by atoms with E-state index in [1.54, 1.807) is 30.3 Å². The summed E-state index contributed by atoms with van der Waals surface area (Å²) in [5, 5.41) is 12.5. The Morgan fingerprint density at radius 1 is 1.20 bits per heavy atom. The first-order valence-corrected chi connectivity index (χ1v) is 8.15. The molecule has 6 nitrogen and oxygen atoms in total. The van der Waals surface area contributed by atoms with Crippen molar-refractivity contribution in [2.75, 3.05) is 36.5 Å². The van der Waals surface area contributed by atoms with Crippen LogP contribution in [0.5, 0.6) is 0 Å². The summed E-state index contributed by atoms with van der Waals surface area (Å²) in [4.78, 5) is 14.3. The lowest BCUT2D eigenvalue weighted by Crippen LogP contribution is -2.35. The molecule has 3 rings (SSSR count). The van der Waals surface area contributed by atoms with Crippen molar-refractivity contribution in [3.05, 3.63) is 52.8 Å². The van der Waals surface area contributed by atoms with E-state index in [4.69, 9.17) is 20.8 Å². The molecule has 1 aromatic heterocycles. The molecule has 0 atom stereocenters. The highest BCUT2D eigenvalue weighted by Crippen LogP contribution is 2.22. The van der Waals surface area contributed by atoms with E-state index >= 15 is 0 Å². The molecule has 128 valence electrons. The van der Waals surface area contributed by atoms with Crippen molar-refractivity contribution in [1.29, 1.82) is 5.26 Å². The van der Waals surface area contributed by atoms with Gasteiger partial charge < -0.3 is 19.4 Å². The Labute approximate surface area is 150 Å². The number of halogens is 1. The van der Waals surface area contributed by atoms with Gasteiger partial charge in [-0.3, -0.25) is 4.79 Å². The monoisotopic (exact) mass is 357 g/mol. The van der Waals surface area contributed by atoms with Crippen molar-refractivity contribution in [2.45, 2.75) is 0 Å². The number of hydrogen-bond donors (Lipinski definition) is 1. The third-order valence-electron chi connectivity index (χ3n) is 3.69. The second-order valence-electron chi connectivity index (χ2n) is 5.41. The number of furan rings is 1. The minimum absolute atomic E-state index is 0.0437. The zero-order valence-corrected chi connectivity index (χ0v) is 14.1. The molecule has 1 aliphatic heterocycles. The number of nitrogens with zero attached hydrogens (tertiary/aromatic N) is 2. The summed E-state index contributed by atoms with van der Waals surface area (Å²) in [5.41, 5.74) is 0.516. The molecule has 0 radical (unpaired) electrons. The van der Waals surface area contributed by atoms with E-state index in [0.29, 0.717) is 35.6 Å². The molecule has 0 aliphatic carbocycles. The Balaban J connectivity index is 1.71.